The van der Waals surface area contributed by atoms with E-state index in [2.05, 4.69) is 0 Å². The summed E-state index contributed by atoms with van der Waals surface area (Å²) < 4.78 is 22.6. The van der Waals surface area contributed by atoms with Crippen LogP contribution in [0.15, 0.2) is 0 Å². The number of sulfone groups is 1. The van der Waals surface area contributed by atoms with Crippen LogP contribution < -0.4 is 0 Å². The van der Waals surface area contributed by atoms with Gasteiger partial charge in [-0.15, -0.1) is 0 Å². The van der Waals surface area contributed by atoms with Crippen molar-refractivity contribution in [1.82, 2.24) is 4.90 Å². The lowest BCUT2D eigenvalue weighted by Gasteiger charge is -2.29. The summed E-state index contributed by atoms with van der Waals surface area (Å²) in [6, 6.07) is 0. The summed E-state index contributed by atoms with van der Waals surface area (Å²) in [6.07, 6.45) is 4.98. The molecule has 2 aliphatic rings. The van der Waals surface area contributed by atoms with E-state index >= 15 is 0 Å². The largest absolute Gasteiger partial charge is 0.341 e. The predicted octanol–water partition coefficient (Wildman–Crippen LogP) is 0.432. The molecule has 0 spiro atoms. The van der Waals surface area contributed by atoms with Crippen molar-refractivity contribution in [2.75, 3.05) is 19.3 Å². The van der Waals surface area contributed by atoms with Gasteiger partial charge < -0.3 is 4.90 Å². The SMILES string of the molecule is CS(=O)(=O)C1CCN(C(=O)C2CCC2)C1. The summed E-state index contributed by atoms with van der Waals surface area (Å²) in [4.78, 5) is 13.6. The highest BCUT2D eigenvalue weighted by atomic mass is 32.2. The summed E-state index contributed by atoms with van der Waals surface area (Å²) in [7, 11) is -2.98. The number of carbonyl (C=O) groups excluding carboxylic acids is 1. The van der Waals surface area contributed by atoms with E-state index in [1.54, 1.807) is 4.90 Å². The lowest BCUT2D eigenvalue weighted by molar-refractivity contribution is -0.136. The van der Waals surface area contributed by atoms with Gasteiger partial charge >= 0.3 is 0 Å². The molecule has 0 bridgehead atoms. The lowest BCUT2D eigenvalue weighted by atomic mass is 9.84. The van der Waals surface area contributed by atoms with Gasteiger partial charge in [0.15, 0.2) is 9.84 Å². The number of rotatable bonds is 2. The van der Waals surface area contributed by atoms with Gasteiger partial charge in [0.2, 0.25) is 5.91 Å². The Morgan fingerprint density at radius 2 is 1.93 bits per heavy atom. The molecular formula is C10H17NO3S. The molecule has 1 aliphatic carbocycles. The summed E-state index contributed by atoms with van der Waals surface area (Å²) in [5.74, 6) is 0.357. The van der Waals surface area contributed by atoms with Crippen LogP contribution in [0.5, 0.6) is 0 Å². The first-order valence-corrected chi connectivity index (χ1v) is 7.41. The number of likely N-dealkylation sites (tertiary alicyclic amines) is 1. The molecule has 0 N–H and O–H groups in total. The molecule has 1 saturated heterocycles. The zero-order valence-electron chi connectivity index (χ0n) is 8.98. The molecule has 5 heteroatoms. The third-order valence-electron chi connectivity index (χ3n) is 3.52. The maximum absolute atomic E-state index is 11.8. The monoisotopic (exact) mass is 231 g/mol. The van der Waals surface area contributed by atoms with Crippen molar-refractivity contribution in [2.24, 2.45) is 5.92 Å². The standard InChI is InChI=1S/C10H17NO3S/c1-15(13,14)9-5-6-11(7-9)10(12)8-3-2-4-8/h8-9H,2-7H2,1H3. The van der Waals surface area contributed by atoms with Crippen LogP contribution in [0.4, 0.5) is 0 Å². The molecule has 0 radical (unpaired) electrons. The zero-order chi connectivity index (χ0) is 11.1. The molecule has 1 unspecified atom stereocenters. The molecule has 1 aliphatic heterocycles. The van der Waals surface area contributed by atoms with Crippen molar-refractivity contribution < 1.29 is 13.2 Å². The average molecular weight is 231 g/mol. The Hall–Kier alpha value is -0.580. The minimum Gasteiger partial charge on any atom is -0.341 e. The average Bonchev–Trinajstić information content (AvgIpc) is 2.46. The molecular weight excluding hydrogens is 214 g/mol. The van der Waals surface area contributed by atoms with Crippen molar-refractivity contribution >= 4 is 15.7 Å². The Labute approximate surface area is 90.6 Å². The van der Waals surface area contributed by atoms with Crippen molar-refractivity contribution in [3.05, 3.63) is 0 Å². The summed E-state index contributed by atoms with van der Waals surface area (Å²) in [6.45, 7) is 1.03. The van der Waals surface area contributed by atoms with E-state index in [1.807, 2.05) is 0 Å². The van der Waals surface area contributed by atoms with Crippen molar-refractivity contribution in [1.29, 1.82) is 0 Å². The normalized spacial score (nSPS) is 27.8. The van der Waals surface area contributed by atoms with Crippen LogP contribution in [0, 0.1) is 5.92 Å². The first-order chi connectivity index (χ1) is 6.98. The highest BCUT2D eigenvalue weighted by Crippen LogP contribution is 2.30. The van der Waals surface area contributed by atoms with Gasteiger partial charge in [-0.2, -0.15) is 0 Å². The highest BCUT2D eigenvalue weighted by Gasteiger charge is 2.36. The molecule has 0 aromatic carbocycles. The van der Waals surface area contributed by atoms with Crippen LogP contribution in [0.25, 0.3) is 0 Å². The molecule has 1 atom stereocenters. The van der Waals surface area contributed by atoms with Gasteiger partial charge in [0.25, 0.3) is 0 Å². The third kappa shape index (κ3) is 2.17. The Kier molecular flexibility index (Phi) is 2.75. The molecule has 1 saturated carbocycles. The number of nitrogens with zero attached hydrogens (tertiary/aromatic N) is 1. The fraction of sp³-hybridized carbons (Fsp3) is 0.900. The van der Waals surface area contributed by atoms with Crippen molar-refractivity contribution in [3.63, 3.8) is 0 Å². The van der Waals surface area contributed by atoms with Crippen molar-refractivity contribution in [2.45, 2.75) is 30.9 Å². The topological polar surface area (TPSA) is 54.5 Å². The minimum absolute atomic E-state index is 0.174. The Balaban J connectivity index is 1.95. The van der Waals surface area contributed by atoms with Gasteiger partial charge in [0, 0.05) is 25.3 Å². The maximum Gasteiger partial charge on any atom is 0.225 e. The fourth-order valence-corrected chi connectivity index (χ4v) is 3.18. The number of hydrogen-bond donors (Lipinski definition) is 0. The van der Waals surface area contributed by atoms with Gasteiger partial charge in [-0.25, -0.2) is 8.42 Å². The van der Waals surface area contributed by atoms with Gasteiger partial charge in [-0.3, -0.25) is 4.79 Å². The second-order valence-electron chi connectivity index (χ2n) is 4.65. The van der Waals surface area contributed by atoms with E-state index < -0.39 is 9.84 Å². The van der Waals surface area contributed by atoms with Crippen LogP contribution >= 0.6 is 0 Å². The molecule has 86 valence electrons. The smallest absolute Gasteiger partial charge is 0.225 e. The van der Waals surface area contributed by atoms with Gasteiger partial charge in [-0.1, -0.05) is 6.42 Å². The third-order valence-corrected chi connectivity index (χ3v) is 5.11. The van der Waals surface area contributed by atoms with Crippen LogP contribution in [-0.2, 0) is 14.6 Å². The molecule has 0 aromatic rings. The van der Waals surface area contributed by atoms with Gasteiger partial charge in [0.05, 0.1) is 5.25 Å². The molecule has 2 fully saturated rings. The van der Waals surface area contributed by atoms with Gasteiger partial charge in [-0.05, 0) is 19.3 Å². The first-order valence-electron chi connectivity index (χ1n) is 5.46. The molecule has 15 heavy (non-hydrogen) atoms. The zero-order valence-corrected chi connectivity index (χ0v) is 9.79. The number of amides is 1. The second-order valence-corrected chi connectivity index (χ2v) is 6.98. The van der Waals surface area contributed by atoms with E-state index in [9.17, 15) is 13.2 Å². The van der Waals surface area contributed by atoms with Gasteiger partial charge in [0.1, 0.15) is 0 Å². The fourth-order valence-electron chi connectivity index (χ4n) is 2.19. The van der Waals surface area contributed by atoms with Crippen LogP contribution in [0.2, 0.25) is 0 Å². The number of hydrogen-bond acceptors (Lipinski definition) is 3. The Morgan fingerprint density at radius 1 is 1.27 bits per heavy atom. The second kappa shape index (κ2) is 3.77. The summed E-state index contributed by atoms with van der Waals surface area (Å²) in [5.41, 5.74) is 0. The lowest BCUT2D eigenvalue weighted by Crippen LogP contribution is -2.38. The summed E-state index contributed by atoms with van der Waals surface area (Å²) >= 11 is 0. The minimum atomic E-state index is -2.98. The molecule has 2 rings (SSSR count). The first kappa shape index (κ1) is 10.9. The Bertz CT molecular complexity index is 359. The quantitative estimate of drug-likeness (QED) is 0.692. The molecule has 1 heterocycles. The molecule has 1 amide bonds. The van der Waals surface area contributed by atoms with Crippen LogP contribution in [0.1, 0.15) is 25.7 Å². The summed E-state index contributed by atoms with van der Waals surface area (Å²) in [5, 5.41) is -0.332. The van der Waals surface area contributed by atoms with Crippen LogP contribution in [-0.4, -0.2) is 43.8 Å². The van der Waals surface area contributed by atoms with E-state index in [4.69, 9.17) is 0 Å². The van der Waals surface area contributed by atoms with Crippen LogP contribution in [0.3, 0.4) is 0 Å². The molecule has 0 aromatic heterocycles. The molecule has 4 nitrogen and oxygen atoms in total. The predicted molar refractivity (Wildman–Crippen MR) is 57.2 cm³/mol. The van der Waals surface area contributed by atoms with Crippen molar-refractivity contribution in [3.8, 4) is 0 Å². The maximum atomic E-state index is 11.8. The van der Waals surface area contributed by atoms with E-state index in [1.165, 1.54) is 6.26 Å². The van der Waals surface area contributed by atoms with E-state index in [-0.39, 0.29) is 17.1 Å². The highest BCUT2D eigenvalue weighted by molar-refractivity contribution is 7.91. The Morgan fingerprint density at radius 3 is 2.33 bits per heavy atom. The van der Waals surface area contributed by atoms with E-state index in [0.29, 0.717) is 19.5 Å². The number of carbonyl (C=O) groups is 1. The van der Waals surface area contributed by atoms with E-state index in [0.717, 1.165) is 19.3 Å².